The Bertz CT molecular complexity index is 909. The van der Waals surface area contributed by atoms with Crippen molar-refractivity contribution in [2.45, 2.75) is 24.8 Å². The fourth-order valence-electron chi connectivity index (χ4n) is 3.16. The zero-order chi connectivity index (χ0) is 21.8. The van der Waals surface area contributed by atoms with E-state index in [1.165, 1.54) is 43.9 Å². The first-order chi connectivity index (χ1) is 13.7. The zero-order valence-electron chi connectivity index (χ0n) is 17.1. The smallest absolute Gasteiger partial charge is 0.330 e. The van der Waals surface area contributed by atoms with E-state index in [9.17, 15) is 18.0 Å². The molecule has 1 aliphatic rings. The molecule has 1 N–H and O–H groups in total. The van der Waals surface area contributed by atoms with Crippen molar-refractivity contribution < 1.29 is 32.2 Å². The summed E-state index contributed by atoms with van der Waals surface area (Å²) < 4.78 is 43.4. The van der Waals surface area contributed by atoms with Crippen LogP contribution in [-0.2, 0) is 24.3 Å². The highest BCUT2D eigenvalue weighted by Gasteiger charge is 2.41. The molecule has 9 nitrogen and oxygen atoms in total. The first-order valence-corrected chi connectivity index (χ1v) is 10.4. The van der Waals surface area contributed by atoms with Crippen LogP contribution < -0.4 is 14.8 Å². The monoisotopic (exact) mass is 426 g/mol. The molecule has 1 aliphatic heterocycles. The Balaban J connectivity index is 2.64. The summed E-state index contributed by atoms with van der Waals surface area (Å²) in [5.74, 6) is -0.962. The van der Waals surface area contributed by atoms with Gasteiger partial charge < -0.3 is 19.5 Å². The molecule has 29 heavy (non-hydrogen) atoms. The van der Waals surface area contributed by atoms with Gasteiger partial charge in [0.2, 0.25) is 15.9 Å². The van der Waals surface area contributed by atoms with Crippen LogP contribution in [0.1, 0.15) is 19.4 Å². The molecule has 1 amide bonds. The predicted octanol–water partition coefficient (Wildman–Crippen LogP) is 1.04. The first-order valence-electron chi connectivity index (χ1n) is 8.99. The number of carbonyl (C=O) groups excluding carboxylic acids is 2. The van der Waals surface area contributed by atoms with Crippen molar-refractivity contribution in [1.29, 1.82) is 0 Å². The number of piperazine rings is 1. The van der Waals surface area contributed by atoms with Crippen molar-refractivity contribution in [1.82, 2.24) is 9.62 Å². The third kappa shape index (κ3) is 4.70. The molecule has 0 spiro atoms. The Morgan fingerprint density at radius 1 is 1.24 bits per heavy atom. The number of ether oxygens (including phenoxy) is 3. The van der Waals surface area contributed by atoms with Crippen molar-refractivity contribution in [3.05, 3.63) is 23.8 Å². The summed E-state index contributed by atoms with van der Waals surface area (Å²) in [5, 5.41) is 2.71. The maximum atomic E-state index is 13.5. The highest BCUT2D eigenvalue weighted by Crippen LogP contribution is 2.38. The topological polar surface area (TPSA) is 111 Å². The second-order valence-electron chi connectivity index (χ2n) is 6.71. The minimum atomic E-state index is -4.11. The molecule has 1 heterocycles. The molecule has 1 saturated heterocycles. The summed E-state index contributed by atoms with van der Waals surface area (Å²) in [6.45, 7) is 3.91. The van der Waals surface area contributed by atoms with Gasteiger partial charge in [0.25, 0.3) is 0 Å². The van der Waals surface area contributed by atoms with Gasteiger partial charge in [-0.25, -0.2) is 13.2 Å². The fourth-order valence-corrected chi connectivity index (χ4v) is 5.09. The molecule has 160 valence electrons. The van der Waals surface area contributed by atoms with Crippen LogP contribution in [0.2, 0.25) is 0 Å². The summed E-state index contributed by atoms with van der Waals surface area (Å²) in [5.41, 5.74) is 0.397. The molecule has 0 aliphatic carbocycles. The van der Waals surface area contributed by atoms with E-state index in [-0.39, 0.29) is 41.3 Å². The van der Waals surface area contributed by atoms with Gasteiger partial charge in [0.1, 0.15) is 10.9 Å². The second-order valence-corrected chi connectivity index (χ2v) is 8.57. The number of hydrogen-bond acceptors (Lipinski definition) is 7. The van der Waals surface area contributed by atoms with Crippen molar-refractivity contribution in [2.24, 2.45) is 5.92 Å². The van der Waals surface area contributed by atoms with Gasteiger partial charge in [-0.2, -0.15) is 4.31 Å². The molecule has 0 bridgehead atoms. The van der Waals surface area contributed by atoms with E-state index in [0.717, 1.165) is 0 Å². The van der Waals surface area contributed by atoms with Gasteiger partial charge in [0.05, 0.1) is 21.3 Å². The number of methoxy groups -OCH3 is 3. The van der Waals surface area contributed by atoms with Crippen molar-refractivity contribution >= 4 is 28.0 Å². The Kier molecular flexibility index (Phi) is 7.26. The van der Waals surface area contributed by atoms with Crippen LogP contribution in [0.5, 0.6) is 11.5 Å². The molecular weight excluding hydrogens is 400 g/mol. The maximum Gasteiger partial charge on any atom is 0.330 e. The summed E-state index contributed by atoms with van der Waals surface area (Å²) in [4.78, 5) is 23.6. The van der Waals surface area contributed by atoms with E-state index in [0.29, 0.717) is 5.56 Å². The molecule has 0 saturated carbocycles. The lowest BCUT2D eigenvalue weighted by atomic mass is 10.0. The third-order valence-electron chi connectivity index (χ3n) is 4.51. The molecule has 1 aromatic rings. The summed E-state index contributed by atoms with van der Waals surface area (Å²) in [6, 6.07) is 2.07. The van der Waals surface area contributed by atoms with Crippen molar-refractivity contribution in [3.63, 3.8) is 0 Å². The molecule has 1 fully saturated rings. The van der Waals surface area contributed by atoms with E-state index >= 15 is 0 Å². The maximum absolute atomic E-state index is 13.5. The van der Waals surface area contributed by atoms with Gasteiger partial charge in [-0.05, 0) is 29.7 Å². The van der Waals surface area contributed by atoms with Crippen LogP contribution in [0.4, 0.5) is 0 Å². The lowest BCUT2D eigenvalue weighted by Crippen LogP contribution is -2.59. The molecule has 0 radical (unpaired) electrons. The average Bonchev–Trinajstić information content (AvgIpc) is 2.70. The molecule has 1 aromatic carbocycles. The standard InChI is InChI=1S/C19H26N2O7S/c1-12(2)17-19(23)20-8-9-21(17)29(24,25)15-11-13(6-7-16(22)27-4)10-14(26-3)18(15)28-5/h6-7,10-12,17H,8-9H2,1-5H3,(H,20,23)/b7-6+. The molecule has 10 heteroatoms. The average molecular weight is 426 g/mol. The highest BCUT2D eigenvalue weighted by molar-refractivity contribution is 7.89. The number of nitrogens with zero attached hydrogens (tertiary/aromatic N) is 1. The fraction of sp³-hybridized carbons (Fsp3) is 0.474. The SMILES string of the molecule is COC(=O)/C=C/c1cc(OC)c(OC)c(S(=O)(=O)N2CCNC(=O)C2C(C)C)c1. The van der Waals surface area contributed by atoms with Crippen LogP contribution in [-0.4, -0.2) is 65.1 Å². The van der Waals surface area contributed by atoms with E-state index in [4.69, 9.17) is 9.47 Å². The Hall–Kier alpha value is -2.59. The van der Waals surface area contributed by atoms with E-state index in [1.54, 1.807) is 19.9 Å². The number of nitrogens with one attached hydrogen (secondary N) is 1. The quantitative estimate of drug-likeness (QED) is 0.512. The van der Waals surface area contributed by atoms with E-state index in [1.807, 2.05) is 0 Å². The minimum Gasteiger partial charge on any atom is -0.493 e. The van der Waals surface area contributed by atoms with Crippen molar-refractivity contribution in [3.8, 4) is 11.5 Å². The number of benzene rings is 1. The second kappa shape index (κ2) is 9.27. The number of hydrogen-bond donors (Lipinski definition) is 1. The van der Waals surface area contributed by atoms with Crippen molar-refractivity contribution in [2.75, 3.05) is 34.4 Å². The lowest BCUT2D eigenvalue weighted by Gasteiger charge is -2.36. The normalized spacial score (nSPS) is 18.0. The number of esters is 1. The molecule has 0 aromatic heterocycles. The summed E-state index contributed by atoms with van der Waals surface area (Å²) in [7, 11) is -0.154. The van der Waals surface area contributed by atoms with Crippen LogP contribution >= 0.6 is 0 Å². The van der Waals surface area contributed by atoms with Gasteiger partial charge in [0, 0.05) is 19.2 Å². The number of amides is 1. The summed E-state index contributed by atoms with van der Waals surface area (Å²) >= 11 is 0. The van der Waals surface area contributed by atoms with Gasteiger partial charge in [-0.3, -0.25) is 4.79 Å². The summed E-state index contributed by atoms with van der Waals surface area (Å²) in [6.07, 6.45) is 2.58. The molecule has 1 atom stereocenters. The third-order valence-corrected chi connectivity index (χ3v) is 6.39. The Morgan fingerprint density at radius 2 is 1.93 bits per heavy atom. The molecule has 2 rings (SSSR count). The largest absolute Gasteiger partial charge is 0.493 e. The molecular formula is C19H26N2O7S. The van der Waals surface area contributed by atoms with Crippen LogP contribution in [0.25, 0.3) is 6.08 Å². The zero-order valence-corrected chi connectivity index (χ0v) is 17.9. The predicted molar refractivity (Wildman–Crippen MR) is 106 cm³/mol. The highest BCUT2D eigenvalue weighted by atomic mass is 32.2. The lowest BCUT2D eigenvalue weighted by molar-refractivity contribution is -0.134. The van der Waals surface area contributed by atoms with E-state index in [2.05, 4.69) is 10.1 Å². The Labute approximate surface area is 170 Å². The number of sulfonamides is 1. The van der Waals surface area contributed by atoms with Gasteiger partial charge >= 0.3 is 5.97 Å². The minimum absolute atomic E-state index is 0.0243. The van der Waals surface area contributed by atoms with Gasteiger partial charge in [-0.15, -0.1) is 0 Å². The first kappa shape index (κ1) is 22.7. The van der Waals surface area contributed by atoms with Gasteiger partial charge in [0.15, 0.2) is 11.5 Å². The Morgan fingerprint density at radius 3 is 2.48 bits per heavy atom. The van der Waals surface area contributed by atoms with Gasteiger partial charge in [-0.1, -0.05) is 13.8 Å². The molecule has 1 unspecified atom stereocenters. The van der Waals surface area contributed by atoms with Crippen LogP contribution in [0, 0.1) is 5.92 Å². The van der Waals surface area contributed by atoms with E-state index < -0.39 is 22.0 Å². The number of carbonyl (C=O) groups is 2. The van der Waals surface area contributed by atoms with Crippen LogP contribution in [0.3, 0.4) is 0 Å². The van der Waals surface area contributed by atoms with Crippen LogP contribution in [0.15, 0.2) is 23.1 Å². The number of rotatable bonds is 7.